The van der Waals surface area contributed by atoms with Crippen LogP contribution in [0.15, 0.2) is 24.3 Å². The van der Waals surface area contributed by atoms with Gasteiger partial charge in [0.05, 0.1) is 18.8 Å². The van der Waals surface area contributed by atoms with Crippen LogP contribution in [-0.2, 0) is 4.74 Å². The molecule has 1 rings (SSSR count). The molecule has 0 radical (unpaired) electrons. The van der Waals surface area contributed by atoms with E-state index in [-0.39, 0.29) is 6.61 Å². The highest BCUT2D eigenvalue weighted by Crippen LogP contribution is 2.21. The molecule has 0 heterocycles. The number of hydrogen-bond donors (Lipinski definition) is 2. The van der Waals surface area contributed by atoms with Crippen LogP contribution in [0.5, 0.6) is 0 Å². The average Bonchev–Trinajstić information content (AvgIpc) is 2.28. The third-order valence-corrected chi connectivity index (χ3v) is 2.87. The van der Waals surface area contributed by atoms with Crippen molar-refractivity contribution in [1.82, 2.24) is 0 Å². The van der Waals surface area contributed by atoms with Gasteiger partial charge in [-0.3, -0.25) is 0 Å². The van der Waals surface area contributed by atoms with Gasteiger partial charge in [-0.1, -0.05) is 24.6 Å². The Morgan fingerprint density at radius 3 is 2.75 bits per heavy atom. The quantitative estimate of drug-likeness (QED) is 0.807. The summed E-state index contributed by atoms with van der Waals surface area (Å²) in [6.07, 6.45) is 0.768. The Morgan fingerprint density at radius 1 is 1.50 bits per heavy atom. The molecule has 0 amide bonds. The molecule has 3 nitrogen and oxygen atoms in total. The Morgan fingerprint density at radius 2 is 2.25 bits per heavy atom. The maximum absolute atomic E-state index is 9.46. The molecular formula is C12H18ClNO2. The maximum atomic E-state index is 9.46. The number of halogens is 1. The lowest BCUT2D eigenvalue weighted by atomic mass is 9.98. The van der Waals surface area contributed by atoms with Crippen LogP contribution < -0.4 is 5.32 Å². The molecule has 1 aromatic carbocycles. The van der Waals surface area contributed by atoms with Crippen molar-refractivity contribution in [2.45, 2.75) is 18.9 Å². The van der Waals surface area contributed by atoms with Gasteiger partial charge in [-0.05, 0) is 24.6 Å². The van der Waals surface area contributed by atoms with Crippen molar-refractivity contribution in [1.29, 1.82) is 0 Å². The Hall–Kier alpha value is -0.770. The molecule has 1 atom stereocenters. The average molecular weight is 244 g/mol. The van der Waals surface area contributed by atoms with Gasteiger partial charge in [0, 0.05) is 17.8 Å². The van der Waals surface area contributed by atoms with E-state index in [1.165, 1.54) is 0 Å². The summed E-state index contributed by atoms with van der Waals surface area (Å²) in [4.78, 5) is 0. The van der Waals surface area contributed by atoms with E-state index in [2.05, 4.69) is 5.32 Å². The number of aliphatic hydroxyl groups is 1. The lowest BCUT2D eigenvalue weighted by Crippen LogP contribution is -2.45. The van der Waals surface area contributed by atoms with E-state index in [9.17, 15) is 5.11 Å². The van der Waals surface area contributed by atoms with Gasteiger partial charge in [0.25, 0.3) is 0 Å². The minimum Gasteiger partial charge on any atom is -0.394 e. The van der Waals surface area contributed by atoms with Crippen LogP contribution >= 0.6 is 11.6 Å². The second-order valence-electron chi connectivity index (χ2n) is 3.86. The van der Waals surface area contributed by atoms with Gasteiger partial charge in [0.1, 0.15) is 0 Å². The molecule has 0 spiro atoms. The second-order valence-corrected chi connectivity index (χ2v) is 4.30. The summed E-state index contributed by atoms with van der Waals surface area (Å²) in [5, 5.41) is 13.4. The van der Waals surface area contributed by atoms with Crippen LogP contribution in [0.2, 0.25) is 5.02 Å². The van der Waals surface area contributed by atoms with Crippen LogP contribution in [0.3, 0.4) is 0 Å². The van der Waals surface area contributed by atoms with Crippen LogP contribution in [0, 0.1) is 0 Å². The predicted octanol–water partition coefficient (Wildman–Crippen LogP) is 2.54. The largest absolute Gasteiger partial charge is 0.394 e. The minimum absolute atomic E-state index is 0.0177. The first-order chi connectivity index (χ1) is 7.65. The van der Waals surface area contributed by atoms with Gasteiger partial charge in [-0.15, -0.1) is 0 Å². The standard InChI is InChI=1S/C12H18ClNO2/c1-3-12(8-15,9-16-2)14-11-6-4-5-10(13)7-11/h4-7,14-15H,3,8-9H2,1-2H3. The Labute approximate surface area is 101 Å². The zero-order chi connectivity index (χ0) is 12.0. The number of methoxy groups -OCH3 is 1. The molecule has 0 saturated heterocycles. The van der Waals surface area contributed by atoms with Crippen LogP contribution in [-0.4, -0.2) is 31.0 Å². The number of hydrogen-bond acceptors (Lipinski definition) is 3. The van der Waals surface area contributed by atoms with Crippen molar-refractivity contribution in [2.24, 2.45) is 0 Å². The summed E-state index contributed by atoms with van der Waals surface area (Å²) in [6.45, 7) is 2.48. The number of nitrogens with one attached hydrogen (secondary N) is 1. The number of ether oxygens (including phenoxy) is 1. The molecule has 0 fully saturated rings. The van der Waals surface area contributed by atoms with E-state index < -0.39 is 5.54 Å². The van der Waals surface area contributed by atoms with Crippen molar-refractivity contribution in [3.63, 3.8) is 0 Å². The summed E-state index contributed by atoms with van der Waals surface area (Å²) in [6, 6.07) is 7.43. The fourth-order valence-electron chi connectivity index (χ4n) is 1.57. The highest BCUT2D eigenvalue weighted by atomic mass is 35.5. The van der Waals surface area contributed by atoms with Crippen molar-refractivity contribution < 1.29 is 9.84 Å². The first-order valence-electron chi connectivity index (χ1n) is 5.29. The van der Waals surface area contributed by atoms with E-state index in [1.54, 1.807) is 7.11 Å². The summed E-state index contributed by atoms with van der Waals surface area (Å²) in [7, 11) is 1.62. The van der Waals surface area contributed by atoms with E-state index in [0.717, 1.165) is 12.1 Å². The molecule has 4 heteroatoms. The lowest BCUT2D eigenvalue weighted by molar-refractivity contribution is 0.0962. The molecular weight excluding hydrogens is 226 g/mol. The molecule has 0 aliphatic carbocycles. The maximum Gasteiger partial charge on any atom is 0.0834 e. The molecule has 1 aromatic rings. The van der Waals surface area contributed by atoms with E-state index >= 15 is 0 Å². The van der Waals surface area contributed by atoms with Crippen molar-refractivity contribution in [3.8, 4) is 0 Å². The summed E-state index contributed by atoms with van der Waals surface area (Å²) >= 11 is 5.90. The summed E-state index contributed by atoms with van der Waals surface area (Å²) < 4.78 is 5.14. The number of aliphatic hydroxyl groups excluding tert-OH is 1. The number of anilines is 1. The smallest absolute Gasteiger partial charge is 0.0834 e. The topological polar surface area (TPSA) is 41.5 Å². The van der Waals surface area contributed by atoms with Gasteiger partial charge in [0.15, 0.2) is 0 Å². The molecule has 0 aliphatic heterocycles. The molecule has 1 unspecified atom stereocenters. The molecule has 0 bridgehead atoms. The Bertz CT molecular complexity index is 327. The molecule has 2 N–H and O–H groups in total. The number of rotatable bonds is 6. The van der Waals surface area contributed by atoms with Crippen LogP contribution in [0.25, 0.3) is 0 Å². The Kier molecular flexibility index (Phi) is 5.06. The summed E-state index contributed by atoms with van der Waals surface area (Å²) in [5.74, 6) is 0. The monoisotopic (exact) mass is 243 g/mol. The van der Waals surface area contributed by atoms with Crippen LogP contribution in [0.1, 0.15) is 13.3 Å². The van der Waals surface area contributed by atoms with Crippen LogP contribution in [0.4, 0.5) is 5.69 Å². The van der Waals surface area contributed by atoms with Gasteiger partial charge >= 0.3 is 0 Å². The third kappa shape index (κ3) is 3.37. The minimum atomic E-state index is -0.445. The summed E-state index contributed by atoms with van der Waals surface area (Å²) in [5.41, 5.74) is 0.444. The fourth-order valence-corrected chi connectivity index (χ4v) is 1.76. The van der Waals surface area contributed by atoms with Crippen molar-refractivity contribution >= 4 is 17.3 Å². The third-order valence-electron chi connectivity index (χ3n) is 2.63. The molecule has 16 heavy (non-hydrogen) atoms. The normalized spacial score (nSPS) is 14.5. The molecule has 90 valence electrons. The van der Waals surface area contributed by atoms with Gasteiger partial charge in [-0.25, -0.2) is 0 Å². The van der Waals surface area contributed by atoms with Gasteiger partial charge in [0.2, 0.25) is 0 Å². The van der Waals surface area contributed by atoms with Gasteiger partial charge < -0.3 is 15.2 Å². The van der Waals surface area contributed by atoms with Gasteiger partial charge in [-0.2, -0.15) is 0 Å². The SMILES string of the molecule is CCC(CO)(COC)Nc1cccc(Cl)c1. The number of benzene rings is 1. The predicted molar refractivity (Wildman–Crippen MR) is 67.1 cm³/mol. The highest BCUT2D eigenvalue weighted by molar-refractivity contribution is 6.30. The van der Waals surface area contributed by atoms with E-state index in [4.69, 9.17) is 16.3 Å². The van der Waals surface area contributed by atoms with Crippen molar-refractivity contribution in [2.75, 3.05) is 25.6 Å². The fraction of sp³-hybridized carbons (Fsp3) is 0.500. The zero-order valence-corrected chi connectivity index (χ0v) is 10.4. The first-order valence-corrected chi connectivity index (χ1v) is 5.67. The second kappa shape index (κ2) is 6.09. The van der Waals surface area contributed by atoms with E-state index in [0.29, 0.717) is 11.6 Å². The molecule has 0 aliphatic rings. The van der Waals surface area contributed by atoms with E-state index in [1.807, 2.05) is 31.2 Å². The molecule has 0 saturated carbocycles. The van der Waals surface area contributed by atoms with Crippen molar-refractivity contribution in [3.05, 3.63) is 29.3 Å². The first kappa shape index (κ1) is 13.3. The molecule has 0 aromatic heterocycles. The zero-order valence-electron chi connectivity index (χ0n) is 9.66. The highest BCUT2D eigenvalue weighted by Gasteiger charge is 2.27. The Balaban J connectivity index is 2.82. The lowest BCUT2D eigenvalue weighted by Gasteiger charge is -2.32.